The van der Waals surface area contributed by atoms with Crippen LogP contribution in [0.1, 0.15) is 20.1 Å². The fourth-order valence-electron chi connectivity index (χ4n) is 3.27. The van der Waals surface area contributed by atoms with Gasteiger partial charge < -0.3 is 15.2 Å². The number of imidazole rings is 1. The first-order valence-electron chi connectivity index (χ1n) is 8.31. The molecular formula is C14H18F2N5O6P. The normalized spacial score (nSPS) is 37.9. The Balaban J connectivity index is 1.79. The van der Waals surface area contributed by atoms with Crippen molar-refractivity contribution in [2.24, 2.45) is 0 Å². The lowest BCUT2D eigenvalue weighted by molar-refractivity contribution is -0.219. The molecule has 2 N–H and O–H groups in total. The highest BCUT2D eigenvalue weighted by atomic mass is 31.2. The van der Waals surface area contributed by atoms with Crippen LogP contribution in [0.5, 0.6) is 5.88 Å². The Bertz CT molecular complexity index is 973. The van der Waals surface area contributed by atoms with E-state index in [1.54, 1.807) is 6.92 Å². The molecule has 14 heteroatoms. The third-order valence-electron chi connectivity index (χ3n) is 4.51. The van der Waals surface area contributed by atoms with E-state index in [9.17, 15) is 4.57 Å². The first kappa shape index (κ1) is 19.4. The number of aromatic nitrogens is 4. The molecular weight excluding hydrogens is 403 g/mol. The summed E-state index contributed by atoms with van der Waals surface area (Å²) in [5.41, 5.74) is 3.47. The van der Waals surface area contributed by atoms with Crippen molar-refractivity contribution < 1.29 is 36.4 Å². The Hall–Kier alpha value is -1.92. The Morgan fingerprint density at radius 2 is 2.21 bits per heavy atom. The zero-order valence-corrected chi connectivity index (χ0v) is 16.1. The number of phosphoric acid groups is 1. The van der Waals surface area contributed by atoms with E-state index >= 15 is 8.78 Å². The smallest absolute Gasteiger partial charge is 0.475 e. The molecule has 2 aromatic rings. The number of anilines is 1. The predicted molar refractivity (Wildman–Crippen MR) is 89.8 cm³/mol. The van der Waals surface area contributed by atoms with Crippen molar-refractivity contribution in [2.75, 3.05) is 26.1 Å². The van der Waals surface area contributed by atoms with Gasteiger partial charge in [-0.05, 0) is 13.8 Å². The van der Waals surface area contributed by atoms with E-state index in [2.05, 4.69) is 19.5 Å². The number of halogens is 2. The highest BCUT2D eigenvalue weighted by Crippen LogP contribution is 2.62. The zero-order valence-electron chi connectivity index (χ0n) is 15.2. The molecule has 154 valence electrons. The molecule has 0 saturated carbocycles. The van der Waals surface area contributed by atoms with Gasteiger partial charge in [0, 0.05) is 7.11 Å². The lowest BCUT2D eigenvalue weighted by Gasteiger charge is -2.35. The summed E-state index contributed by atoms with van der Waals surface area (Å²) < 4.78 is 69.4. The van der Waals surface area contributed by atoms with E-state index in [1.165, 1.54) is 6.33 Å². The number of rotatable bonds is 4. The topological polar surface area (TPSA) is 133 Å². The van der Waals surface area contributed by atoms with Crippen LogP contribution < -0.4 is 10.5 Å². The predicted octanol–water partition coefficient (Wildman–Crippen LogP) is 1.90. The van der Waals surface area contributed by atoms with Crippen LogP contribution in [0.4, 0.5) is 14.7 Å². The molecule has 5 unspecified atom stereocenters. The fourth-order valence-corrected chi connectivity index (χ4v) is 4.48. The van der Waals surface area contributed by atoms with Gasteiger partial charge in [0.2, 0.25) is 11.8 Å². The highest BCUT2D eigenvalue weighted by molar-refractivity contribution is 7.48. The second-order valence-electron chi connectivity index (χ2n) is 6.44. The minimum atomic E-state index is -4.11. The van der Waals surface area contributed by atoms with Crippen LogP contribution in [0.3, 0.4) is 0 Å². The number of hydrogen-bond acceptors (Lipinski definition) is 10. The van der Waals surface area contributed by atoms with E-state index in [4.69, 9.17) is 24.3 Å². The minimum Gasteiger partial charge on any atom is -0.476 e. The number of ether oxygens (including phenoxy) is 2. The third-order valence-corrected chi connectivity index (χ3v) is 5.87. The molecule has 2 saturated heterocycles. The lowest BCUT2D eigenvalue weighted by atomic mass is 9.97. The van der Waals surface area contributed by atoms with Gasteiger partial charge in [-0.3, -0.25) is 18.1 Å². The van der Waals surface area contributed by atoms with E-state index in [1.807, 2.05) is 0 Å². The van der Waals surface area contributed by atoms with E-state index in [0.717, 1.165) is 18.6 Å². The maximum Gasteiger partial charge on any atom is 0.475 e. The Morgan fingerprint density at radius 3 is 2.89 bits per heavy atom. The standard InChI is InChI=1S/C14H18F2N5O6P/c1-4-24-9-7-8(19-12(17)20-9)21(6-18-7)11-13(2,15)10-14(16,26-11)5-25-28(22,23-3)27-10/h6,10-11H,4-5H2,1-3H3,(H2,17,19,20). The molecule has 5 atom stereocenters. The largest absolute Gasteiger partial charge is 0.476 e. The molecule has 2 aromatic heterocycles. The first-order valence-corrected chi connectivity index (χ1v) is 9.77. The van der Waals surface area contributed by atoms with Crippen molar-refractivity contribution in [2.45, 2.75) is 37.7 Å². The molecule has 28 heavy (non-hydrogen) atoms. The van der Waals surface area contributed by atoms with Gasteiger partial charge in [-0.25, -0.2) is 18.3 Å². The highest BCUT2D eigenvalue weighted by Gasteiger charge is 2.70. The number of hydrogen-bond donors (Lipinski definition) is 1. The van der Waals surface area contributed by atoms with Gasteiger partial charge in [0.05, 0.1) is 12.9 Å². The molecule has 0 spiro atoms. The fraction of sp³-hybridized carbons (Fsp3) is 0.643. The van der Waals surface area contributed by atoms with Gasteiger partial charge in [0.15, 0.2) is 29.2 Å². The number of nitrogens with zero attached hydrogens (tertiary/aromatic N) is 4. The van der Waals surface area contributed by atoms with Crippen molar-refractivity contribution in [3.8, 4) is 5.88 Å². The molecule has 2 aliphatic heterocycles. The summed E-state index contributed by atoms with van der Waals surface area (Å²) in [5.74, 6) is -2.76. The maximum absolute atomic E-state index is 15.7. The summed E-state index contributed by atoms with van der Waals surface area (Å²) in [6.07, 6.45) is -2.27. The average Bonchev–Trinajstić information content (AvgIpc) is 3.13. The molecule has 0 amide bonds. The van der Waals surface area contributed by atoms with Crippen molar-refractivity contribution >= 4 is 24.9 Å². The van der Waals surface area contributed by atoms with Crippen LogP contribution in [0.2, 0.25) is 0 Å². The molecule has 0 bridgehead atoms. The summed E-state index contributed by atoms with van der Waals surface area (Å²) in [4.78, 5) is 12.1. The van der Waals surface area contributed by atoms with Gasteiger partial charge in [0.25, 0.3) is 5.85 Å². The molecule has 0 aromatic carbocycles. The van der Waals surface area contributed by atoms with Crippen molar-refractivity contribution in [3.05, 3.63) is 6.33 Å². The van der Waals surface area contributed by atoms with Crippen molar-refractivity contribution in [3.63, 3.8) is 0 Å². The summed E-state index contributed by atoms with van der Waals surface area (Å²) in [6, 6.07) is 0. The Kier molecular flexibility index (Phi) is 4.36. The monoisotopic (exact) mass is 421 g/mol. The maximum atomic E-state index is 15.7. The molecule has 11 nitrogen and oxygen atoms in total. The second kappa shape index (κ2) is 6.29. The van der Waals surface area contributed by atoms with Gasteiger partial charge in [0.1, 0.15) is 6.61 Å². The average molecular weight is 421 g/mol. The molecule has 0 radical (unpaired) electrons. The van der Waals surface area contributed by atoms with E-state index < -0.39 is 38.3 Å². The van der Waals surface area contributed by atoms with Crippen LogP contribution in [-0.4, -0.2) is 57.5 Å². The van der Waals surface area contributed by atoms with Crippen LogP contribution in [0, 0.1) is 0 Å². The quantitative estimate of drug-likeness (QED) is 0.730. The lowest BCUT2D eigenvalue weighted by Crippen LogP contribution is -2.50. The molecule has 0 aliphatic carbocycles. The first-order chi connectivity index (χ1) is 13.1. The summed E-state index contributed by atoms with van der Waals surface area (Å²) in [5, 5.41) is 0. The molecule has 4 heterocycles. The summed E-state index contributed by atoms with van der Waals surface area (Å²) in [6.45, 7) is 2.23. The zero-order chi connectivity index (χ0) is 20.3. The third kappa shape index (κ3) is 2.77. The second-order valence-corrected chi connectivity index (χ2v) is 8.17. The van der Waals surface area contributed by atoms with E-state index in [0.29, 0.717) is 0 Å². The number of alkyl halides is 2. The van der Waals surface area contributed by atoms with Crippen LogP contribution in [0.25, 0.3) is 11.2 Å². The Labute approximate surface area is 157 Å². The number of phosphoric ester groups is 1. The van der Waals surface area contributed by atoms with Gasteiger partial charge in [-0.15, -0.1) is 0 Å². The Morgan fingerprint density at radius 1 is 1.46 bits per heavy atom. The number of nitrogens with two attached hydrogens (primary N) is 1. The molecule has 2 aliphatic rings. The van der Waals surface area contributed by atoms with E-state index in [-0.39, 0.29) is 29.6 Å². The SMILES string of the molecule is CCOc1nc(N)nc2c1ncn2C1OC2(F)COP(=O)(OC)OC2C1(C)F. The van der Waals surface area contributed by atoms with Gasteiger partial charge >= 0.3 is 7.82 Å². The van der Waals surface area contributed by atoms with Crippen molar-refractivity contribution in [1.82, 2.24) is 19.5 Å². The molecule has 2 fully saturated rings. The summed E-state index contributed by atoms with van der Waals surface area (Å²) in [7, 11) is -3.06. The van der Waals surface area contributed by atoms with Crippen LogP contribution >= 0.6 is 7.82 Å². The summed E-state index contributed by atoms with van der Waals surface area (Å²) >= 11 is 0. The van der Waals surface area contributed by atoms with Crippen LogP contribution in [0.15, 0.2) is 6.33 Å². The number of nitrogen functional groups attached to an aromatic ring is 1. The van der Waals surface area contributed by atoms with Crippen LogP contribution in [-0.2, 0) is 22.9 Å². The number of fused-ring (bicyclic) bond motifs is 2. The minimum absolute atomic E-state index is 0.0721. The van der Waals surface area contributed by atoms with Gasteiger partial charge in [-0.2, -0.15) is 9.97 Å². The van der Waals surface area contributed by atoms with Gasteiger partial charge in [-0.1, -0.05) is 0 Å². The van der Waals surface area contributed by atoms with Crippen molar-refractivity contribution in [1.29, 1.82) is 0 Å². The molecule has 4 rings (SSSR count).